The summed E-state index contributed by atoms with van der Waals surface area (Å²) in [6, 6.07) is 13.1. The number of halogens is 1. The molecule has 0 saturated heterocycles. The number of benzene rings is 2. The van der Waals surface area contributed by atoms with Gasteiger partial charge in [0.2, 0.25) is 0 Å². The first-order valence-electron chi connectivity index (χ1n) is 5.71. The summed E-state index contributed by atoms with van der Waals surface area (Å²) in [5, 5.41) is 8.82. The van der Waals surface area contributed by atoms with Gasteiger partial charge >= 0.3 is 0 Å². The minimum atomic E-state index is -3.70. The average Bonchev–Trinajstić information content (AvgIpc) is 2.42. The summed E-state index contributed by atoms with van der Waals surface area (Å²) in [5.41, 5.74) is 1.62. The van der Waals surface area contributed by atoms with Gasteiger partial charge in [0.15, 0.2) is 0 Å². The van der Waals surface area contributed by atoms with Gasteiger partial charge in [-0.1, -0.05) is 22.0 Å². The van der Waals surface area contributed by atoms with Crippen LogP contribution >= 0.6 is 15.9 Å². The van der Waals surface area contributed by atoms with E-state index in [1.165, 1.54) is 12.1 Å². The minimum Gasteiger partial charge on any atom is -0.279 e. The molecule has 0 atom stereocenters. The lowest BCUT2D eigenvalue weighted by atomic mass is 10.2. The van der Waals surface area contributed by atoms with E-state index in [1.807, 2.05) is 19.1 Å². The SMILES string of the molecule is Cc1cc(Br)ccc1NS(=O)(=O)c1cccc(C#N)c1. The molecule has 0 saturated carbocycles. The highest BCUT2D eigenvalue weighted by atomic mass is 79.9. The lowest BCUT2D eigenvalue weighted by molar-refractivity contribution is 0.601. The molecular formula is C14H11BrN2O2S. The fourth-order valence-electron chi connectivity index (χ4n) is 1.68. The smallest absolute Gasteiger partial charge is 0.261 e. The Hall–Kier alpha value is -1.84. The number of hydrogen-bond donors (Lipinski definition) is 1. The molecule has 0 bridgehead atoms. The molecule has 1 N–H and O–H groups in total. The highest BCUT2D eigenvalue weighted by molar-refractivity contribution is 9.10. The number of nitriles is 1. The lowest BCUT2D eigenvalue weighted by Crippen LogP contribution is -2.13. The van der Waals surface area contributed by atoms with Crippen molar-refractivity contribution in [2.75, 3.05) is 4.72 Å². The number of rotatable bonds is 3. The molecule has 2 aromatic carbocycles. The van der Waals surface area contributed by atoms with Gasteiger partial charge < -0.3 is 0 Å². The van der Waals surface area contributed by atoms with E-state index in [0.29, 0.717) is 11.3 Å². The number of nitrogens with one attached hydrogen (secondary N) is 1. The van der Waals surface area contributed by atoms with Gasteiger partial charge in [0.1, 0.15) is 0 Å². The third-order valence-electron chi connectivity index (χ3n) is 2.71. The molecule has 20 heavy (non-hydrogen) atoms. The average molecular weight is 351 g/mol. The highest BCUT2D eigenvalue weighted by Gasteiger charge is 2.15. The molecule has 2 rings (SSSR count). The van der Waals surface area contributed by atoms with Crippen molar-refractivity contribution in [1.82, 2.24) is 0 Å². The molecule has 6 heteroatoms. The van der Waals surface area contributed by atoms with Crippen LogP contribution in [0.3, 0.4) is 0 Å². The van der Waals surface area contributed by atoms with Crippen LogP contribution in [-0.2, 0) is 10.0 Å². The van der Waals surface area contributed by atoms with Crippen LogP contribution in [0.1, 0.15) is 11.1 Å². The van der Waals surface area contributed by atoms with Crippen LogP contribution in [0.5, 0.6) is 0 Å². The Bertz CT molecular complexity index is 795. The maximum atomic E-state index is 12.3. The van der Waals surface area contributed by atoms with Crippen LogP contribution in [0.25, 0.3) is 0 Å². The molecule has 0 aliphatic rings. The van der Waals surface area contributed by atoms with Crippen molar-refractivity contribution < 1.29 is 8.42 Å². The van der Waals surface area contributed by atoms with Gasteiger partial charge in [-0.25, -0.2) is 8.42 Å². The molecule has 2 aromatic rings. The van der Waals surface area contributed by atoms with Crippen LogP contribution < -0.4 is 4.72 Å². The molecule has 0 fully saturated rings. The topological polar surface area (TPSA) is 70.0 Å². The van der Waals surface area contributed by atoms with Gasteiger partial charge in [-0.05, 0) is 48.9 Å². The predicted octanol–water partition coefficient (Wildman–Crippen LogP) is 3.43. The van der Waals surface area contributed by atoms with Crippen LogP contribution in [0.2, 0.25) is 0 Å². The number of aryl methyl sites for hydroxylation is 1. The third kappa shape index (κ3) is 3.18. The summed E-state index contributed by atoms with van der Waals surface area (Å²) in [6.07, 6.45) is 0. The standard InChI is InChI=1S/C14H11BrN2O2S/c1-10-7-12(15)5-6-14(10)17-20(18,19)13-4-2-3-11(8-13)9-16/h2-8,17H,1H3. The second-order valence-corrected chi connectivity index (χ2v) is 6.80. The van der Waals surface area contributed by atoms with E-state index in [-0.39, 0.29) is 4.90 Å². The number of sulfonamides is 1. The highest BCUT2D eigenvalue weighted by Crippen LogP contribution is 2.23. The fourth-order valence-corrected chi connectivity index (χ4v) is 3.33. The number of hydrogen-bond acceptors (Lipinski definition) is 3. The van der Waals surface area contributed by atoms with Crippen molar-refractivity contribution in [1.29, 1.82) is 5.26 Å². The van der Waals surface area contributed by atoms with Gasteiger partial charge in [0.05, 0.1) is 22.2 Å². The first-order chi connectivity index (χ1) is 9.42. The van der Waals surface area contributed by atoms with Gasteiger partial charge in [-0.2, -0.15) is 5.26 Å². The molecule has 0 aliphatic heterocycles. The summed E-state index contributed by atoms with van der Waals surface area (Å²) in [4.78, 5) is 0.0684. The zero-order valence-corrected chi connectivity index (χ0v) is 13.0. The van der Waals surface area contributed by atoms with Crippen LogP contribution in [-0.4, -0.2) is 8.42 Å². The van der Waals surface area contributed by atoms with E-state index in [0.717, 1.165) is 10.0 Å². The van der Waals surface area contributed by atoms with Crippen LogP contribution in [0, 0.1) is 18.3 Å². The Kier molecular flexibility index (Phi) is 4.12. The molecule has 0 radical (unpaired) electrons. The van der Waals surface area contributed by atoms with Crippen molar-refractivity contribution in [3.8, 4) is 6.07 Å². The molecule has 0 unspecified atom stereocenters. The van der Waals surface area contributed by atoms with E-state index >= 15 is 0 Å². The Morgan fingerprint density at radius 3 is 2.60 bits per heavy atom. The zero-order valence-electron chi connectivity index (χ0n) is 10.6. The van der Waals surface area contributed by atoms with E-state index in [2.05, 4.69) is 20.7 Å². The van der Waals surface area contributed by atoms with Crippen molar-refractivity contribution in [3.63, 3.8) is 0 Å². The Balaban J connectivity index is 2.38. The van der Waals surface area contributed by atoms with E-state index in [9.17, 15) is 8.42 Å². The first kappa shape index (κ1) is 14.6. The Morgan fingerprint density at radius 2 is 1.95 bits per heavy atom. The number of nitrogens with zero attached hydrogens (tertiary/aromatic N) is 1. The second-order valence-electron chi connectivity index (χ2n) is 4.20. The van der Waals surface area contributed by atoms with E-state index in [1.54, 1.807) is 24.3 Å². The van der Waals surface area contributed by atoms with Crippen molar-refractivity contribution in [2.45, 2.75) is 11.8 Å². The van der Waals surface area contributed by atoms with Crippen LogP contribution in [0.4, 0.5) is 5.69 Å². The minimum absolute atomic E-state index is 0.0684. The molecule has 0 heterocycles. The van der Waals surface area contributed by atoms with Crippen molar-refractivity contribution in [3.05, 3.63) is 58.1 Å². The fraction of sp³-hybridized carbons (Fsp3) is 0.0714. The van der Waals surface area contributed by atoms with Crippen LogP contribution in [0.15, 0.2) is 51.8 Å². The second kappa shape index (κ2) is 5.65. The third-order valence-corrected chi connectivity index (χ3v) is 4.56. The molecule has 0 spiro atoms. The normalized spacial score (nSPS) is 10.8. The molecule has 4 nitrogen and oxygen atoms in total. The van der Waals surface area contributed by atoms with E-state index < -0.39 is 10.0 Å². The Morgan fingerprint density at radius 1 is 1.20 bits per heavy atom. The van der Waals surface area contributed by atoms with Gasteiger partial charge in [0, 0.05) is 4.47 Å². The molecule has 102 valence electrons. The summed E-state index contributed by atoms with van der Waals surface area (Å²) in [7, 11) is -3.70. The molecular weight excluding hydrogens is 340 g/mol. The largest absolute Gasteiger partial charge is 0.279 e. The maximum Gasteiger partial charge on any atom is 0.261 e. The van der Waals surface area contributed by atoms with Gasteiger partial charge in [-0.3, -0.25) is 4.72 Å². The summed E-state index contributed by atoms with van der Waals surface area (Å²) in [5.74, 6) is 0. The number of anilines is 1. The monoisotopic (exact) mass is 350 g/mol. The predicted molar refractivity (Wildman–Crippen MR) is 80.8 cm³/mol. The Labute approximate surface area is 126 Å². The summed E-state index contributed by atoms with van der Waals surface area (Å²) >= 11 is 3.33. The van der Waals surface area contributed by atoms with Gasteiger partial charge in [0.25, 0.3) is 10.0 Å². The first-order valence-corrected chi connectivity index (χ1v) is 7.99. The van der Waals surface area contributed by atoms with Gasteiger partial charge in [-0.15, -0.1) is 0 Å². The maximum absolute atomic E-state index is 12.3. The van der Waals surface area contributed by atoms with Crippen molar-refractivity contribution in [2.24, 2.45) is 0 Å². The van der Waals surface area contributed by atoms with E-state index in [4.69, 9.17) is 5.26 Å². The molecule has 0 aliphatic carbocycles. The lowest BCUT2D eigenvalue weighted by Gasteiger charge is -2.11. The summed E-state index contributed by atoms with van der Waals surface area (Å²) < 4.78 is 28.0. The molecule has 0 aromatic heterocycles. The zero-order chi connectivity index (χ0) is 14.8. The quantitative estimate of drug-likeness (QED) is 0.921. The molecule has 0 amide bonds. The van der Waals surface area contributed by atoms with Crippen molar-refractivity contribution >= 4 is 31.6 Å². The summed E-state index contributed by atoms with van der Waals surface area (Å²) in [6.45, 7) is 1.81.